The van der Waals surface area contributed by atoms with Gasteiger partial charge in [-0.15, -0.1) is 11.3 Å². The number of hydrogen-bond donors (Lipinski definition) is 0. The Bertz CT molecular complexity index is 633. The van der Waals surface area contributed by atoms with Gasteiger partial charge in [-0.25, -0.2) is 9.37 Å². The van der Waals surface area contributed by atoms with Gasteiger partial charge in [0.05, 0.1) is 0 Å². The van der Waals surface area contributed by atoms with Crippen LogP contribution < -0.4 is 9.80 Å². The van der Waals surface area contributed by atoms with Crippen molar-refractivity contribution < 1.29 is 9.18 Å². The topological polar surface area (TPSA) is 36.4 Å². The zero-order valence-electron chi connectivity index (χ0n) is 11.8. The number of piperazine rings is 1. The van der Waals surface area contributed by atoms with Crippen LogP contribution in [0.4, 0.5) is 15.2 Å². The van der Waals surface area contributed by atoms with Crippen molar-refractivity contribution in [3.63, 3.8) is 0 Å². The molecule has 0 aliphatic carbocycles. The van der Waals surface area contributed by atoms with Crippen molar-refractivity contribution in [3.8, 4) is 0 Å². The fourth-order valence-corrected chi connectivity index (χ4v) is 3.30. The van der Waals surface area contributed by atoms with Crippen LogP contribution in [0.3, 0.4) is 0 Å². The summed E-state index contributed by atoms with van der Waals surface area (Å²) in [5, 5.41) is 2.71. The minimum absolute atomic E-state index is 0.00227. The van der Waals surface area contributed by atoms with Crippen LogP contribution >= 0.6 is 11.3 Å². The van der Waals surface area contributed by atoms with Crippen molar-refractivity contribution in [2.45, 2.75) is 6.92 Å². The quantitative estimate of drug-likeness (QED) is 0.817. The van der Waals surface area contributed by atoms with Crippen molar-refractivity contribution in [3.05, 3.63) is 41.2 Å². The van der Waals surface area contributed by atoms with E-state index in [9.17, 15) is 9.18 Å². The number of carbonyl (C=O) groups is 1. The molecule has 0 bridgehead atoms. The lowest BCUT2D eigenvalue weighted by Crippen LogP contribution is -2.46. The molecule has 2 heterocycles. The Hall–Kier alpha value is -1.95. The van der Waals surface area contributed by atoms with Crippen molar-refractivity contribution in [2.75, 3.05) is 36.0 Å². The van der Waals surface area contributed by atoms with E-state index < -0.39 is 0 Å². The van der Waals surface area contributed by atoms with Crippen LogP contribution in [0.25, 0.3) is 0 Å². The van der Waals surface area contributed by atoms with E-state index in [-0.39, 0.29) is 11.6 Å². The molecule has 0 radical (unpaired) electrons. The SMILES string of the molecule is CC(=O)c1csc(N2CCN(c3ccc(F)cc3)CC2)n1. The molecule has 4 nitrogen and oxygen atoms in total. The number of anilines is 2. The van der Waals surface area contributed by atoms with E-state index in [1.165, 1.54) is 30.4 Å². The largest absolute Gasteiger partial charge is 0.368 e. The molecule has 6 heteroatoms. The molecule has 3 rings (SSSR count). The lowest BCUT2D eigenvalue weighted by atomic mass is 10.2. The number of rotatable bonds is 3. The lowest BCUT2D eigenvalue weighted by Gasteiger charge is -2.36. The van der Waals surface area contributed by atoms with E-state index in [2.05, 4.69) is 14.8 Å². The summed E-state index contributed by atoms with van der Waals surface area (Å²) < 4.78 is 12.9. The summed E-state index contributed by atoms with van der Waals surface area (Å²) in [5.41, 5.74) is 1.58. The van der Waals surface area contributed by atoms with Gasteiger partial charge in [0.25, 0.3) is 0 Å². The Labute approximate surface area is 126 Å². The molecular formula is C15H16FN3OS. The first-order valence-electron chi connectivity index (χ1n) is 6.85. The Balaban J connectivity index is 1.64. The van der Waals surface area contributed by atoms with Gasteiger partial charge in [-0.2, -0.15) is 0 Å². The molecule has 110 valence electrons. The number of nitrogens with zero attached hydrogens (tertiary/aromatic N) is 3. The zero-order chi connectivity index (χ0) is 14.8. The number of Topliss-reactive ketones (excluding diaryl/α,β-unsaturated/α-hetero) is 1. The molecule has 1 aliphatic rings. The van der Waals surface area contributed by atoms with Crippen molar-refractivity contribution >= 4 is 27.9 Å². The number of hydrogen-bond acceptors (Lipinski definition) is 5. The summed E-state index contributed by atoms with van der Waals surface area (Å²) in [7, 11) is 0. The van der Waals surface area contributed by atoms with Gasteiger partial charge in [-0.05, 0) is 24.3 Å². The summed E-state index contributed by atoms with van der Waals surface area (Å²) >= 11 is 1.51. The van der Waals surface area contributed by atoms with E-state index in [0.717, 1.165) is 37.0 Å². The predicted octanol–water partition coefficient (Wildman–Crippen LogP) is 2.81. The van der Waals surface area contributed by atoms with Gasteiger partial charge in [0, 0.05) is 44.2 Å². The molecule has 0 unspecified atom stereocenters. The number of benzene rings is 1. The maximum absolute atomic E-state index is 12.9. The van der Waals surface area contributed by atoms with Crippen LogP contribution in [0, 0.1) is 5.82 Å². The molecule has 1 aliphatic heterocycles. The molecule has 0 atom stereocenters. The monoisotopic (exact) mass is 305 g/mol. The molecule has 0 amide bonds. The van der Waals surface area contributed by atoms with Crippen LogP contribution in [0.2, 0.25) is 0 Å². The highest BCUT2D eigenvalue weighted by Crippen LogP contribution is 2.24. The summed E-state index contributed by atoms with van der Waals surface area (Å²) in [6.07, 6.45) is 0. The van der Waals surface area contributed by atoms with Crippen LogP contribution in [-0.2, 0) is 0 Å². The van der Waals surface area contributed by atoms with Crippen LogP contribution in [0.5, 0.6) is 0 Å². The number of thiazole rings is 1. The summed E-state index contributed by atoms with van der Waals surface area (Å²) in [6.45, 7) is 4.96. The first-order valence-corrected chi connectivity index (χ1v) is 7.73. The fraction of sp³-hybridized carbons (Fsp3) is 0.333. The molecule has 0 N–H and O–H groups in total. The van der Waals surface area contributed by atoms with E-state index in [1.54, 1.807) is 0 Å². The van der Waals surface area contributed by atoms with Crippen molar-refractivity contribution in [2.24, 2.45) is 0 Å². The average Bonchev–Trinajstić information content (AvgIpc) is 2.98. The molecule has 1 aromatic carbocycles. The second kappa shape index (κ2) is 5.81. The van der Waals surface area contributed by atoms with Gasteiger partial charge in [0.15, 0.2) is 10.9 Å². The van der Waals surface area contributed by atoms with Crippen molar-refractivity contribution in [1.29, 1.82) is 0 Å². The minimum atomic E-state index is -0.211. The standard InChI is InChI=1S/C15H16FN3OS/c1-11(20)14-10-21-15(17-14)19-8-6-18(7-9-19)13-4-2-12(16)3-5-13/h2-5,10H,6-9H2,1H3. The van der Waals surface area contributed by atoms with Gasteiger partial charge in [0.2, 0.25) is 0 Å². The number of halogens is 1. The third-order valence-corrected chi connectivity index (χ3v) is 4.50. The van der Waals surface area contributed by atoms with E-state index >= 15 is 0 Å². The lowest BCUT2D eigenvalue weighted by molar-refractivity contribution is 0.101. The first kappa shape index (κ1) is 14.0. The van der Waals surface area contributed by atoms with Crippen LogP contribution in [-0.4, -0.2) is 36.9 Å². The second-order valence-corrected chi connectivity index (χ2v) is 5.86. The highest BCUT2D eigenvalue weighted by Gasteiger charge is 2.20. The number of carbonyl (C=O) groups excluding carboxylic acids is 1. The molecule has 0 spiro atoms. The molecule has 0 saturated carbocycles. The van der Waals surface area contributed by atoms with E-state index in [0.29, 0.717) is 5.69 Å². The first-order chi connectivity index (χ1) is 10.1. The number of aromatic nitrogens is 1. The van der Waals surface area contributed by atoms with Crippen LogP contribution in [0.15, 0.2) is 29.6 Å². The van der Waals surface area contributed by atoms with Crippen LogP contribution in [0.1, 0.15) is 17.4 Å². The zero-order valence-corrected chi connectivity index (χ0v) is 12.6. The molecule has 21 heavy (non-hydrogen) atoms. The Kier molecular flexibility index (Phi) is 3.88. The Morgan fingerprint density at radius 1 is 1.14 bits per heavy atom. The molecule has 2 aromatic rings. The second-order valence-electron chi connectivity index (χ2n) is 5.02. The van der Waals surface area contributed by atoms with E-state index in [4.69, 9.17) is 0 Å². The maximum Gasteiger partial charge on any atom is 0.186 e. The highest BCUT2D eigenvalue weighted by atomic mass is 32.1. The fourth-order valence-electron chi connectivity index (χ4n) is 2.38. The minimum Gasteiger partial charge on any atom is -0.368 e. The Morgan fingerprint density at radius 3 is 2.33 bits per heavy atom. The average molecular weight is 305 g/mol. The highest BCUT2D eigenvalue weighted by molar-refractivity contribution is 7.13. The Morgan fingerprint density at radius 2 is 1.76 bits per heavy atom. The molecule has 1 saturated heterocycles. The normalized spacial score (nSPS) is 15.3. The summed E-state index contributed by atoms with van der Waals surface area (Å²) in [6, 6.07) is 6.59. The third-order valence-electron chi connectivity index (χ3n) is 3.59. The molecule has 1 fully saturated rings. The molecule has 1 aromatic heterocycles. The van der Waals surface area contributed by atoms with Gasteiger partial charge >= 0.3 is 0 Å². The van der Waals surface area contributed by atoms with Gasteiger partial charge in [-0.3, -0.25) is 4.79 Å². The molecular weight excluding hydrogens is 289 g/mol. The van der Waals surface area contributed by atoms with Gasteiger partial charge < -0.3 is 9.80 Å². The van der Waals surface area contributed by atoms with Gasteiger partial charge in [0.1, 0.15) is 11.5 Å². The summed E-state index contributed by atoms with van der Waals surface area (Å²) in [4.78, 5) is 20.1. The van der Waals surface area contributed by atoms with Gasteiger partial charge in [-0.1, -0.05) is 0 Å². The summed E-state index contributed by atoms with van der Waals surface area (Å²) in [5.74, 6) is -0.209. The van der Waals surface area contributed by atoms with E-state index in [1.807, 2.05) is 17.5 Å². The smallest absolute Gasteiger partial charge is 0.186 e. The predicted molar refractivity (Wildman–Crippen MR) is 82.9 cm³/mol. The number of ketones is 1. The van der Waals surface area contributed by atoms with Crippen molar-refractivity contribution in [1.82, 2.24) is 4.98 Å². The third kappa shape index (κ3) is 3.05. The maximum atomic E-state index is 12.9.